The van der Waals surface area contributed by atoms with Crippen LogP contribution in [-0.4, -0.2) is 66.5 Å². The van der Waals surface area contributed by atoms with E-state index in [-0.39, 0.29) is 12.6 Å². The summed E-state index contributed by atoms with van der Waals surface area (Å²) in [5.74, 6) is 0.317. The number of aliphatic hydroxyl groups excluding tert-OH is 2. The molecule has 0 radical (unpaired) electrons. The lowest BCUT2D eigenvalue weighted by molar-refractivity contribution is -0.127. The van der Waals surface area contributed by atoms with Gasteiger partial charge < -0.3 is 24.7 Å². The Morgan fingerprint density at radius 2 is 1.83 bits per heavy atom. The zero-order valence-electron chi connectivity index (χ0n) is 17.9. The van der Waals surface area contributed by atoms with Crippen LogP contribution in [0.2, 0.25) is 0 Å². The number of anilines is 1. The smallest absolute Gasteiger partial charge is 0.257 e. The largest absolute Gasteiger partial charge is 0.497 e. The van der Waals surface area contributed by atoms with Gasteiger partial charge in [-0.3, -0.25) is 4.79 Å². The van der Waals surface area contributed by atoms with Gasteiger partial charge in [0.15, 0.2) is 0 Å². The lowest BCUT2D eigenvalue weighted by Gasteiger charge is -2.30. The molecule has 1 heterocycles. The van der Waals surface area contributed by atoms with Crippen LogP contribution in [0.4, 0.5) is 5.69 Å². The maximum atomic E-state index is 13.3. The fourth-order valence-corrected chi connectivity index (χ4v) is 4.70. The number of hydrogen-bond donors (Lipinski definition) is 2. The molecule has 1 unspecified atom stereocenters. The van der Waals surface area contributed by atoms with Gasteiger partial charge in [0.05, 0.1) is 30.7 Å². The number of nitrogens with zero attached hydrogens (tertiary/aromatic N) is 2. The molecule has 0 bridgehead atoms. The van der Waals surface area contributed by atoms with Crippen molar-refractivity contribution in [3.05, 3.63) is 54.1 Å². The first kappa shape index (κ1) is 22.6. The lowest BCUT2D eigenvalue weighted by atomic mass is 10.1. The molecule has 0 saturated carbocycles. The quantitative estimate of drug-likeness (QED) is 0.704. The number of likely N-dealkylation sites (N-methyl/N-ethyl adjacent to an activating group) is 1. The van der Waals surface area contributed by atoms with Crippen molar-refractivity contribution in [1.29, 1.82) is 0 Å². The van der Waals surface area contributed by atoms with E-state index in [0.717, 1.165) is 16.2 Å². The van der Waals surface area contributed by atoms with Crippen molar-refractivity contribution in [2.75, 3.05) is 32.1 Å². The minimum Gasteiger partial charge on any atom is -0.497 e. The van der Waals surface area contributed by atoms with E-state index in [4.69, 9.17) is 4.74 Å². The van der Waals surface area contributed by atoms with Gasteiger partial charge in [0.2, 0.25) is 0 Å². The molecule has 0 fully saturated rings. The van der Waals surface area contributed by atoms with E-state index in [9.17, 15) is 15.0 Å². The average Bonchev–Trinajstić information content (AvgIpc) is 2.84. The van der Waals surface area contributed by atoms with Crippen LogP contribution in [0.25, 0.3) is 0 Å². The van der Waals surface area contributed by atoms with Gasteiger partial charge >= 0.3 is 0 Å². The first-order valence-corrected chi connectivity index (χ1v) is 11.0. The molecule has 2 N–H and O–H groups in total. The van der Waals surface area contributed by atoms with E-state index in [1.165, 1.54) is 16.7 Å². The van der Waals surface area contributed by atoms with Crippen LogP contribution in [0.1, 0.15) is 24.7 Å². The number of amides is 1. The highest BCUT2D eigenvalue weighted by atomic mass is 32.2. The number of fused-ring (bicyclic) bond motifs is 1. The van der Waals surface area contributed by atoms with Gasteiger partial charge in [0.1, 0.15) is 11.9 Å². The molecule has 3 rings (SSSR count). The maximum absolute atomic E-state index is 13.3. The van der Waals surface area contributed by atoms with Gasteiger partial charge in [0.25, 0.3) is 5.91 Å². The van der Waals surface area contributed by atoms with Crippen LogP contribution < -0.4 is 9.64 Å². The van der Waals surface area contributed by atoms with E-state index >= 15 is 0 Å². The van der Waals surface area contributed by atoms with Crippen LogP contribution >= 0.6 is 11.8 Å². The van der Waals surface area contributed by atoms with E-state index < -0.39 is 23.4 Å². The van der Waals surface area contributed by atoms with Crippen molar-refractivity contribution < 1.29 is 19.7 Å². The number of para-hydroxylation sites is 1. The van der Waals surface area contributed by atoms with Gasteiger partial charge in [-0.25, -0.2) is 0 Å². The number of β-amino-alcohol motifs (C(OH)–C–C–N with tert-alkyl or cyclic N) is 1. The van der Waals surface area contributed by atoms with Crippen molar-refractivity contribution in [2.45, 2.75) is 42.2 Å². The van der Waals surface area contributed by atoms with Crippen LogP contribution in [0.3, 0.4) is 0 Å². The van der Waals surface area contributed by atoms with Crippen LogP contribution in [0.5, 0.6) is 5.75 Å². The number of aliphatic hydroxyl groups is 2. The molecule has 2 aromatic carbocycles. The molecule has 3 atom stereocenters. The number of ether oxygens (including phenoxy) is 1. The zero-order valence-corrected chi connectivity index (χ0v) is 18.7. The number of hydrogen-bond acceptors (Lipinski definition) is 6. The highest BCUT2D eigenvalue weighted by Crippen LogP contribution is 2.45. The summed E-state index contributed by atoms with van der Waals surface area (Å²) in [7, 11) is 3.54. The summed E-state index contributed by atoms with van der Waals surface area (Å²) in [6.07, 6.45) is -1.96. The lowest BCUT2D eigenvalue weighted by Crippen LogP contribution is -2.47. The molecule has 6 nitrogen and oxygen atoms in total. The zero-order chi connectivity index (χ0) is 21.8. The normalized spacial score (nSPS) is 20.3. The fraction of sp³-hybridized carbons (Fsp3) is 0.435. The Balaban J connectivity index is 1.90. The van der Waals surface area contributed by atoms with Crippen LogP contribution in [-0.2, 0) is 4.79 Å². The SMILES string of the molecule is COc1ccc([C@@H]2Sc3ccccc3N(CC(O)CN(C)C(C)C)C(=O)[C@@H]2O)cc1. The fourth-order valence-electron chi connectivity index (χ4n) is 3.43. The van der Waals surface area contributed by atoms with Gasteiger partial charge in [-0.15, -0.1) is 11.8 Å². The molecular weight excluding hydrogens is 400 g/mol. The summed E-state index contributed by atoms with van der Waals surface area (Å²) >= 11 is 1.46. The predicted octanol–water partition coefficient (Wildman–Crippen LogP) is 2.94. The Kier molecular flexibility index (Phi) is 7.41. The van der Waals surface area contributed by atoms with Gasteiger partial charge in [-0.1, -0.05) is 24.3 Å². The summed E-state index contributed by atoms with van der Waals surface area (Å²) in [5, 5.41) is 21.2. The van der Waals surface area contributed by atoms with Crippen LogP contribution in [0, 0.1) is 0 Å². The third kappa shape index (κ3) is 4.98. The summed E-state index contributed by atoms with van der Waals surface area (Å²) in [6, 6.07) is 15.3. The molecule has 162 valence electrons. The number of thioether (sulfide) groups is 1. The molecule has 0 aromatic heterocycles. The van der Waals surface area contributed by atoms with Crippen molar-refractivity contribution >= 4 is 23.4 Å². The van der Waals surface area contributed by atoms with Crippen molar-refractivity contribution in [3.8, 4) is 5.75 Å². The topological polar surface area (TPSA) is 73.2 Å². The Morgan fingerprint density at radius 3 is 2.47 bits per heavy atom. The Labute approximate surface area is 182 Å². The first-order valence-electron chi connectivity index (χ1n) is 10.1. The molecule has 0 saturated heterocycles. The van der Waals surface area contributed by atoms with E-state index in [1.54, 1.807) is 7.11 Å². The number of rotatable bonds is 7. The second-order valence-electron chi connectivity index (χ2n) is 7.86. The van der Waals surface area contributed by atoms with Crippen molar-refractivity contribution in [2.24, 2.45) is 0 Å². The number of methoxy groups -OCH3 is 1. The predicted molar refractivity (Wildman–Crippen MR) is 120 cm³/mol. The molecule has 7 heteroatoms. The third-order valence-electron chi connectivity index (χ3n) is 5.43. The summed E-state index contributed by atoms with van der Waals surface area (Å²) in [6.45, 7) is 4.67. The molecular formula is C23H30N2O4S. The summed E-state index contributed by atoms with van der Waals surface area (Å²) < 4.78 is 5.22. The number of carbonyl (C=O) groups is 1. The van der Waals surface area contributed by atoms with Gasteiger partial charge in [0, 0.05) is 17.5 Å². The van der Waals surface area contributed by atoms with E-state index in [1.807, 2.05) is 60.5 Å². The molecule has 0 spiro atoms. The third-order valence-corrected chi connectivity index (χ3v) is 6.82. The van der Waals surface area contributed by atoms with Crippen molar-refractivity contribution in [1.82, 2.24) is 4.90 Å². The molecule has 1 aliphatic rings. The summed E-state index contributed by atoms with van der Waals surface area (Å²) in [4.78, 5) is 17.7. The van der Waals surface area contributed by atoms with Gasteiger partial charge in [-0.05, 0) is 50.7 Å². The van der Waals surface area contributed by atoms with Crippen LogP contribution in [0.15, 0.2) is 53.4 Å². The Bertz CT molecular complexity index is 859. The minimum absolute atomic E-state index is 0.125. The molecule has 30 heavy (non-hydrogen) atoms. The standard InChI is InChI=1S/C23H30N2O4S/c1-15(2)24(3)13-17(26)14-25-19-7-5-6-8-20(19)30-22(21(27)23(25)28)16-9-11-18(29-4)12-10-16/h5-12,15,17,21-22,26-27H,13-14H2,1-4H3/t17?,21-,22+/m1/s1. The first-order chi connectivity index (χ1) is 14.3. The Morgan fingerprint density at radius 1 is 1.17 bits per heavy atom. The Hall–Kier alpha value is -2.06. The van der Waals surface area contributed by atoms with E-state index in [0.29, 0.717) is 12.2 Å². The molecule has 1 aliphatic heterocycles. The minimum atomic E-state index is -1.23. The number of benzene rings is 2. The monoisotopic (exact) mass is 430 g/mol. The molecule has 2 aromatic rings. The second-order valence-corrected chi connectivity index (χ2v) is 9.04. The summed E-state index contributed by atoms with van der Waals surface area (Å²) in [5.41, 5.74) is 1.56. The van der Waals surface area contributed by atoms with Gasteiger partial charge in [-0.2, -0.15) is 0 Å². The molecule has 0 aliphatic carbocycles. The molecule has 1 amide bonds. The van der Waals surface area contributed by atoms with Crippen molar-refractivity contribution in [3.63, 3.8) is 0 Å². The number of carbonyl (C=O) groups excluding carboxylic acids is 1. The second kappa shape index (κ2) is 9.83. The maximum Gasteiger partial charge on any atom is 0.257 e. The highest BCUT2D eigenvalue weighted by molar-refractivity contribution is 7.99. The van der Waals surface area contributed by atoms with E-state index in [2.05, 4.69) is 13.8 Å². The average molecular weight is 431 g/mol. The highest BCUT2D eigenvalue weighted by Gasteiger charge is 2.38.